The van der Waals surface area contributed by atoms with E-state index in [0.29, 0.717) is 6.04 Å². The van der Waals surface area contributed by atoms with Gasteiger partial charge >= 0.3 is 0 Å². The Morgan fingerprint density at radius 3 is 2.53 bits per heavy atom. The van der Waals surface area contributed by atoms with Crippen LogP contribution in [0.1, 0.15) is 41.0 Å². The summed E-state index contributed by atoms with van der Waals surface area (Å²) in [5, 5.41) is 3.40. The summed E-state index contributed by atoms with van der Waals surface area (Å²) in [6.07, 6.45) is 1.12. The molecule has 96 valence electrons. The number of aromatic nitrogens is 1. The SMILES string of the molecule is CCC(C)N(C)c1cccc(NC(C)(C)C)n1. The van der Waals surface area contributed by atoms with E-state index in [1.165, 1.54) is 0 Å². The second kappa shape index (κ2) is 5.39. The van der Waals surface area contributed by atoms with Crippen molar-refractivity contribution in [1.82, 2.24) is 4.98 Å². The lowest BCUT2D eigenvalue weighted by molar-refractivity contribution is 0.628. The zero-order chi connectivity index (χ0) is 13.1. The van der Waals surface area contributed by atoms with Crippen molar-refractivity contribution >= 4 is 11.6 Å². The molecule has 0 fully saturated rings. The summed E-state index contributed by atoms with van der Waals surface area (Å²) in [6, 6.07) is 6.63. The van der Waals surface area contributed by atoms with Crippen LogP contribution in [0.25, 0.3) is 0 Å². The Balaban J connectivity index is 2.86. The molecule has 1 N–H and O–H groups in total. The molecule has 3 nitrogen and oxygen atoms in total. The molecule has 0 saturated carbocycles. The van der Waals surface area contributed by atoms with Crippen molar-refractivity contribution < 1.29 is 0 Å². The standard InChI is InChI=1S/C14H25N3/c1-7-11(2)17(6)13-10-8-9-12(15-13)16-14(3,4)5/h8-11H,7H2,1-6H3,(H,15,16). The average molecular weight is 235 g/mol. The van der Waals surface area contributed by atoms with Crippen LogP contribution in [-0.2, 0) is 0 Å². The molecule has 17 heavy (non-hydrogen) atoms. The van der Waals surface area contributed by atoms with Gasteiger partial charge in [0.2, 0.25) is 0 Å². The fourth-order valence-corrected chi connectivity index (χ4v) is 1.57. The predicted molar refractivity (Wildman–Crippen MR) is 75.8 cm³/mol. The topological polar surface area (TPSA) is 28.2 Å². The average Bonchev–Trinajstić information content (AvgIpc) is 2.25. The van der Waals surface area contributed by atoms with E-state index in [9.17, 15) is 0 Å². The van der Waals surface area contributed by atoms with E-state index in [1.807, 2.05) is 6.07 Å². The van der Waals surface area contributed by atoms with Gasteiger partial charge in [0.05, 0.1) is 0 Å². The summed E-state index contributed by atoms with van der Waals surface area (Å²) in [5.41, 5.74) is 0.0422. The number of nitrogens with zero attached hydrogens (tertiary/aromatic N) is 2. The van der Waals surface area contributed by atoms with Gasteiger partial charge in [0.1, 0.15) is 11.6 Å². The molecule has 0 aliphatic rings. The van der Waals surface area contributed by atoms with Crippen molar-refractivity contribution in [2.45, 2.75) is 52.6 Å². The van der Waals surface area contributed by atoms with E-state index in [4.69, 9.17) is 0 Å². The highest BCUT2D eigenvalue weighted by Gasteiger charge is 2.12. The maximum atomic E-state index is 4.64. The largest absolute Gasteiger partial charge is 0.365 e. The Bertz CT molecular complexity index is 355. The maximum absolute atomic E-state index is 4.64. The first-order valence-electron chi connectivity index (χ1n) is 6.31. The monoisotopic (exact) mass is 235 g/mol. The second-order valence-electron chi connectivity index (χ2n) is 5.62. The van der Waals surface area contributed by atoms with Crippen LogP contribution in [0.3, 0.4) is 0 Å². The number of rotatable bonds is 4. The number of hydrogen-bond donors (Lipinski definition) is 1. The molecular formula is C14H25N3. The molecule has 0 radical (unpaired) electrons. The summed E-state index contributed by atoms with van der Waals surface area (Å²) >= 11 is 0. The van der Waals surface area contributed by atoms with Crippen LogP contribution < -0.4 is 10.2 Å². The van der Waals surface area contributed by atoms with Crippen molar-refractivity contribution in [2.75, 3.05) is 17.3 Å². The molecule has 1 aromatic rings. The van der Waals surface area contributed by atoms with Crippen molar-refractivity contribution in [3.8, 4) is 0 Å². The summed E-state index contributed by atoms with van der Waals surface area (Å²) in [6.45, 7) is 10.8. The molecule has 0 aliphatic carbocycles. The molecule has 0 aromatic carbocycles. The molecule has 0 aliphatic heterocycles. The molecule has 1 rings (SSSR count). The molecule has 0 spiro atoms. The lowest BCUT2D eigenvalue weighted by atomic mass is 10.1. The van der Waals surface area contributed by atoms with Gasteiger partial charge in [-0.05, 0) is 46.2 Å². The molecule has 0 bridgehead atoms. The third kappa shape index (κ3) is 4.25. The van der Waals surface area contributed by atoms with Gasteiger partial charge in [-0.15, -0.1) is 0 Å². The van der Waals surface area contributed by atoms with E-state index in [1.54, 1.807) is 0 Å². The van der Waals surface area contributed by atoms with Crippen molar-refractivity contribution in [1.29, 1.82) is 0 Å². The van der Waals surface area contributed by atoms with E-state index in [2.05, 4.69) is 69.0 Å². The molecule has 1 heterocycles. The maximum Gasteiger partial charge on any atom is 0.130 e. The Hall–Kier alpha value is -1.25. The third-order valence-electron chi connectivity index (χ3n) is 2.85. The smallest absolute Gasteiger partial charge is 0.130 e. The van der Waals surface area contributed by atoms with E-state index < -0.39 is 0 Å². The Kier molecular flexibility index (Phi) is 4.38. The molecular weight excluding hydrogens is 210 g/mol. The fraction of sp³-hybridized carbons (Fsp3) is 0.643. The Morgan fingerprint density at radius 2 is 2.00 bits per heavy atom. The molecule has 1 unspecified atom stereocenters. The summed E-state index contributed by atoms with van der Waals surface area (Å²) in [4.78, 5) is 6.86. The van der Waals surface area contributed by atoms with Crippen LogP contribution in [0, 0.1) is 0 Å². The Morgan fingerprint density at radius 1 is 1.35 bits per heavy atom. The molecule has 3 heteroatoms. The Labute approximate surface area is 105 Å². The van der Waals surface area contributed by atoms with Crippen LogP contribution in [0.5, 0.6) is 0 Å². The number of hydrogen-bond acceptors (Lipinski definition) is 3. The first kappa shape index (κ1) is 13.8. The molecule has 0 amide bonds. The quantitative estimate of drug-likeness (QED) is 0.865. The first-order valence-corrected chi connectivity index (χ1v) is 6.31. The van der Waals surface area contributed by atoms with Gasteiger partial charge in [-0.1, -0.05) is 13.0 Å². The van der Waals surface area contributed by atoms with Crippen LogP contribution in [0.4, 0.5) is 11.6 Å². The van der Waals surface area contributed by atoms with Crippen molar-refractivity contribution in [3.63, 3.8) is 0 Å². The normalized spacial score (nSPS) is 13.3. The third-order valence-corrected chi connectivity index (χ3v) is 2.85. The highest BCUT2D eigenvalue weighted by Crippen LogP contribution is 2.18. The van der Waals surface area contributed by atoms with Crippen LogP contribution >= 0.6 is 0 Å². The van der Waals surface area contributed by atoms with Crippen molar-refractivity contribution in [2.24, 2.45) is 0 Å². The zero-order valence-corrected chi connectivity index (χ0v) is 11.9. The molecule has 1 atom stereocenters. The minimum atomic E-state index is 0.0422. The molecule has 0 saturated heterocycles. The lowest BCUT2D eigenvalue weighted by Gasteiger charge is -2.26. The van der Waals surface area contributed by atoms with E-state index in [0.717, 1.165) is 18.1 Å². The van der Waals surface area contributed by atoms with Crippen LogP contribution in [-0.4, -0.2) is 23.6 Å². The van der Waals surface area contributed by atoms with Crippen molar-refractivity contribution in [3.05, 3.63) is 18.2 Å². The lowest BCUT2D eigenvalue weighted by Crippen LogP contribution is -2.30. The number of anilines is 2. The number of nitrogens with one attached hydrogen (secondary N) is 1. The van der Waals surface area contributed by atoms with Gasteiger partial charge in [0.15, 0.2) is 0 Å². The minimum absolute atomic E-state index is 0.0422. The van der Waals surface area contributed by atoms with E-state index >= 15 is 0 Å². The first-order chi connectivity index (χ1) is 7.83. The minimum Gasteiger partial charge on any atom is -0.365 e. The highest BCUT2D eigenvalue weighted by molar-refractivity contribution is 5.48. The predicted octanol–water partition coefficient (Wildman–Crippen LogP) is 3.53. The zero-order valence-electron chi connectivity index (χ0n) is 11.9. The highest BCUT2D eigenvalue weighted by atomic mass is 15.2. The van der Waals surface area contributed by atoms with Crippen LogP contribution in [0.2, 0.25) is 0 Å². The van der Waals surface area contributed by atoms with Gasteiger partial charge < -0.3 is 10.2 Å². The second-order valence-corrected chi connectivity index (χ2v) is 5.62. The van der Waals surface area contributed by atoms with E-state index in [-0.39, 0.29) is 5.54 Å². The van der Waals surface area contributed by atoms with Gasteiger partial charge in [0.25, 0.3) is 0 Å². The summed E-state index contributed by atoms with van der Waals surface area (Å²) < 4.78 is 0. The van der Waals surface area contributed by atoms with Gasteiger partial charge in [-0.3, -0.25) is 0 Å². The fourth-order valence-electron chi connectivity index (χ4n) is 1.57. The number of pyridine rings is 1. The van der Waals surface area contributed by atoms with Gasteiger partial charge in [-0.2, -0.15) is 0 Å². The molecule has 1 aromatic heterocycles. The van der Waals surface area contributed by atoms with Crippen LogP contribution in [0.15, 0.2) is 18.2 Å². The van der Waals surface area contributed by atoms with Gasteiger partial charge in [-0.25, -0.2) is 4.98 Å². The summed E-state index contributed by atoms with van der Waals surface area (Å²) in [7, 11) is 2.09. The van der Waals surface area contributed by atoms with Gasteiger partial charge in [0, 0.05) is 18.6 Å². The summed E-state index contributed by atoms with van der Waals surface area (Å²) in [5.74, 6) is 1.96.